The van der Waals surface area contributed by atoms with Crippen LogP contribution in [0.25, 0.3) is 0 Å². The second-order valence-corrected chi connectivity index (χ2v) is 4.33. The second-order valence-electron chi connectivity index (χ2n) is 4.33. The number of hydrogen-bond acceptors (Lipinski definition) is 1. The minimum Gasteiger partial charge on any atom is -0.348 e. The number of imidazole rings is 1. The molecule has 1 unspecified atom stereocenters. The van der Waals surface area contributed by atoms with Crippen LogP contribution in [0.3, 0.4) is 0 Å². The van der Waals surface area contributed by atoms with Gasteiger partial charge in [-0.2, -0.15) is 0 Å². The molecule has 0 aromatic carbocycles. The van der Waals surface area contributed by atoms with Gasteiger partial charge in [-0.05, 0) is 18.3 Å². The van der Waals surface area contributed by atoms with Gasteiger partial charge in [0.2, 0.25) is 0 Å². The van der Waals surface area contributed by atoms with Gasteiger partial charge in [-0.15, -0.1) is 0 Å². The Hall–Kier alpha value is -1.05. The van der Waals surface area contributed by atoms with Gasteiger partial charge in [0, 0.05) is 18.3 Å². The van der Waals surface area contributed by atoms with Crippen LogP contribution in [-0.4, -0.2) is 9.97 Å². The normalized spacial score (nSPS) is 26.2. The standard InChI is InChI=1S/C11H16N2/c1-11(2)6-4-3-5-9(11)10-12-7-8-13-10/h4,6-9H,3,5H2,1-2H3,(H,12,13). The first kappa shape index (κ1) is 8.54. The summed E-state index contributed by atoms with van der Waals surface area (Å²) in [6.07, 6.45) is 10.7. The number of nitrogens with one attached hydrogen (secondary N) is 1. The smallest absolute Gasteiger partial charge is 0.109 e. The molecule has 0 radical (unpaired) electrons. The van der Waals surface area contributed by atoms with Gasteiger partial charge in [-0.3, -0.25) is 0 Å². The molecular weight excluding hydrogens is 160 g/mol. The molecule has 0 fully saturated rings. The highest BCUT2D eigenvalue weighted by Gasteiger charge is 2.31. The summed E-state index contributed by atoms with van der Waals surface area (Å²) in [4.78, 5) is 7.56. The SMILES string of the molecule is CC1(C)C=CCCC1c1ncc[nH]1. The van der Waals surface area contributed by atoms with E-state index < -0.39 is 0 Å². The highest BCUT2D eigenvalue weighted by molar-refractivity contribution is 5.13. The van der Waals surface area contributed by atoms with Gasteiger partial charge in [-0.25, -0.2) is 4.98 Å². The predicted molar refractivity (Wildman–Crippen MR) is 53.5 cm³/mol. The van der Waals surface area contributed by atoms with E-state index in [4.69, 9.17) is 0 Å². The number of rotatable bonds is 1. The van der Waals surface area contributed by atoms with Crippen molar-refractivity contribution in [1.29, 1.82) is 0 Å². The third-order valence-corrected chi connectivity index (χ3v) is 2.92. The van der Waals surface area contributed by atoms with Gasteiger partial charge < -0.3 is 4.98 Å². The molecule has 0 aliphatic heterocycles. The number of allylic oxidation sites excluding steroid dienone is 2. The first-order chi connectivity index (χ1) is 6.20. The van der Waals surface area contributed by atoms with E-state index in [9.17, 15) is 0 Å². The largest absolute Gasteiger partial charge is 0.348 e. The van der Waals surface area contributed by atoms with Crippen molar-refractivity contribution in [3.63, 3.8) is 0 Å². The van der Waals surface area contributed by atoms with Crippen molar-refractivity contribution < 1.29 is 0 Å². The van der Waals surface area contributed by atoms with E-state index in [1.807, 2.05) is 12.4 Å². The van der Waals surface area contributed by atoms with E-state index >= 15 is 0 Å². The lowest BCUT2D eigenvalue weighted by molar-refractivity contribution is 0.327. The molecule has 0 amide bonds. The topological polar surface area (TPSA) is 28.7 Å². The molecule has 1 aliphatic carbocycles. The van der Waals surface area contributed by atoms with E-state index in [2.05, 4.69) is 36.0 Å². The number of H-pyrrole nitrogens is 1. The minimum atomic E-state index is 0.246. The fraction of sp³-hybridized carbons (Fsp3) is 0.545. The lowest BCUT2D eigenvalue weighted by Gasteiger charge is -2.33. The third kappa shape index (κ3) is 1.53. The third-order valence-electron chi connectivity index (χ3n) is 2.92. The van der Waals surface area contributed by atoms with Crippen LogP contribution in [0.4, 0.5) is 0 Å². The van der Waals surface area contributed by atoms with Gasteiger partial charge in [-0.1, -0.05) is 26.0 Å². The molecule has 1 aliphatic rings. The van der Waals surface area contributed by atoms with E-state index in [0.29, 0.717) is 5.92 Å². The van der Waals surface area contributed by atoms with Crippen molar-refractivity contribution in [2.75, 3.05) is 0 Å². The van der Waals surface area contributed by atoms with Crippen LogP contribution in [0.1, 0.15) is 38.4 Å². The highest BCUT2D eigenvalue weighted by Crippen LogP contribution is 2.41. The first-order valence-electron chi connectivity index (χ1n) is 4.87. The molecule has 70 valence electrons. The zero-order valence-corrected chi connectivity index (χ0v) is 8.25. The zero-order valence-electron chi connectivity index (χ0n) is 8.25. The summed E-state index contributed by atoms with van der Waals surface area (Å²) in [6.45, 7) is 4.55. The summed E-state index contributed by atoms with van der Waals surface area (Å²) in [6, 6.07) is 0. The maximum absolute atomic E-state index is 4.35. The highest BCUT2D eigenvalue weighted by atomic mass is 14.9. The van der Waals surface area contributed by atoms with Crippen LogP contribution in [0.5, 0.6) is 0 Å². The van der Waals surface area contributed by atoms with Gasteiger partial charge in [0.15, 0.2) is 0 Å². The van der Waals surface area contributed by atoms with Crippen molar-refractivity contribution in [2.45, 2.75) is 32.6 Å². The van der Waals surface area contributed by atoms with Gasteiger partial charge in [0.1, 0.15) is 5.82 Å². The van der Waals surface area contributed by atoms with Crippen molar-refractivity contribution in [3.8, 4) is 0 Å². The van der Waals surface area contributed by atoms with Crippen molar-refractivity contribution in [3.05, 3.63) is 30.4 Å². The molecule has 0 saturated carbocycles. The Morgan fingerprint density at radius 3 is 3.00 bits per heavy atom. The summed E-state index contributed by atoms with van der Waals surface area (Å²) in [7, 11) is 0. The van der Waals surface area contributed by atoms with E-state index in [0.717, 1.165) is 5.82 Å². The average Bonchev–Trinajstić information content (AvgIpc) is 2.55. The van der Waals surface area contributed by atoms with Gasteiger partial charge in [0.05, 0.1) is 0 Å². The maximum Gasteiger partial charge on any atom is 0.109 e. The Morgan fingerprint density at radius 1 is 1.54 bits per heavy atom. The Kier molecular flexibility index (Phi) is 1.98. The zero-order chi connectivity index (χ0) is 9.31. The fourth-order valence-corrected chi connectivity index (χ4v) is 2.10. The number of aromatic nitrogens is 2. The predicted octanol–water partition coefficient (Wildman–Crippen LogP) is 2.87. The van der Waals surface area contributed by atoms with Crippen LogP contribution < -0.4 is 0 Å². The summed E-state index contributed by atoms with van der Waals surface area (Å²) in [5, 5.41) is 0. The molecule has 1 aromatic rings. The Morgan fingerprint density at radius 2 is 2.38 bits per heavy atom. The van der Waals surface area contributed by atoms with Crippen LogP contribution >= 0.6 is 0 Å². The fourth-order valence-electron chi connectivity index (χ4n) is 2.10. The second kappa shape index (κ2) is 3.02. The Balaban J connectivity index is 2.29. The van der Waals surface area contributed by atoms with Gasteiger partial charge in [0.25, 0.3) is 0 Å². The van der Waals surface area contributed by atoms with Crippen LogP contribution in [0, 0.1) is 5.41 Å². The quantitative estimate of drug-likeness (QED) is 0.655. The summed E-state index contributed by atoms with van der Waals surface area (Å²) < 4.78 is 0. The molecule has 1 heterocycles. The molecule has 2 nitrogen and oxygen atoms in total. The molecule has 1 atom stereocenters. The molecule has 2 rings (SSSR count). The monoisotopic (exact) mass is 176 g/mol. The lowest BCUT2D eigenvalue weighted by Crippen LogP contribution is -2.23. The van der Waals surface area contributed by atoms with Gasteiger partial charge >= 0.3 is 0 Å². The summed E-state index contributed by atoms with van der Waals surface area (Å²) in [5.74, 6) is 1.68. The van der Waals surface area contributed by atoms with Crippen LogP contribution in [0.2, 0.25) is 0 Å². The number of hydrogen-bond donors (Lipinski definition) is 1. The molecule has 2 heteroatoms. The lowest BCUT2D eigenvalue weighted by atomic mass is 9.72. The van der Waals surface area contributed by atoms with Crippen molar-refractivity contribution in [1.82, 2.24) is 9.97 Å². The number of nitrogens with zero attached hydrogens (tertiary/aromatic N) is 1. The molecule has 0 spiro atoms. The van der Waals surface area contributed by atoms with E-state index in [1.165, 1.54) is 12.8 Å². The molecule has 1 N–H and O–H groups in total. The molecular formula is C11H16N2. The van der Waals surface area contributed by atoms with Crippen molar-refractivity contribution in [2.24, 2.45) is 5.41 Å². The average molecular weight is 176 g/mol. The first-order valence-corrected chi connectivity index (χ1v) is 4.87. The Bertz CT molecular complexity index is 296. The molecule has 1 aromatic heterocycles. The van der Waals surface area contributed by atoms with Crippen LogP contribution in [-0.2, 0) is 0 Å². The molecule has 13 heavy (non-hydrogen) atoms. The Labute approximate surface area is 79.1 Å². The van der Waals surface area contributed by atoms with Crippen LogP contribution in [0.15, 0.2) is 24.5 Å². The maximum atomic E-state index is 4.35. The number of aromatic amines is 1. The molecule has 0 saturated heterocycles. The molecule has 0 bridgehead atoms. The summed E-state index contributed by atoms with van der Waals surface area (Å²) >= 11 is 0. The van der Waals surface area contributed by atoms with E-state index in [-0.39, 0.29) is 5.41 Å². The minimum absolute atomic E-state index is 0.246. The summed E-state index contributed by atoms with van der Waals surface area (Å²) in [5.41, 5.74) is 0.246. The van der Waals surface area contributed by atoms with Crippen molar-refractivity contribution >= 4 is 0 Å². The van der Waals surface area contributed by atoms with E-state index in [1.54, 1.807) is 0 Å².